The zero-order chi connectivity index (χ0) is 8.55. The van der Waals surface area contributed by atoms with Crippen LogP contribution in [0.3, 0.4) is 0 Å². The second-order valence-electron chi connectivity index (χ2n) is 4.35. The van der Waals surface area contributed by atoms with Crippen LogP contribution in [-0.2, 0) is 0 Å². The Bertz CT molecular complexity index is 156. The summed E-state index contributed by atoms with van der Waals surface area (Å²) < 4.78 is 0. The van der Waals surface area contributed by atoms with Gasteiger partial charge in [0.05, 0.1) is 6.10 Å². The normalized spacial score (nSPS) is 37.5. The minimum atomic E-state index is -0.0475. The molecule has 2 atom stereocenters. The van der Waals surface area contributed by atoms with Crippen LogP contribution in [0.4, 0.5) is 0 Å². The summed E-state index contributed by atoms with van der Waals surface area (Å²) in [6.45, 7) is 4.40. The fourth-order valence-corrected chi connectivity index (χ4v) is 2.24. The summed E-state index contributed by atoms with van der Waals surface area (Å²) in [5, 5.41) is 9.49. The molecule has 0 bridgehead atoms. The van der Waals surface area contributed by atoms with Crippen LogP contribution in [-0.4, -0.2) is 35.2 Å². The fourth-order valence-electron chi connectivity index (χ4n) is 2.24. The molecule has 2 fully saturated rings. The molecule has 1 aliphatic carbocycles. The van der Waals surface area contributed by atoms with Crippen molar-refractivity contribution < 1.29 is 5.11 Å². The van der Waals surface area contributed by atoms with E-state index in [9.17, 15) is 5.11 Å². The molecule has 2 rings (SSSR count). The van der Waals surface area contributed by atoms with Crippen molar-refractivity contribution >= 4 is 0 Å². The Balaban J connectivity index is 1.84. The number of nitrogens with zero attached hydrogens (tertiary/aromatic N) is 1. The molecule has 2 nitrogen and oxygen atoms in total. The molecule has 0 spiro atoms. The van der Waals surface area contributed by atoms with E-state index in [1.165, 1.54) is 25.8 Å². The fraction of sp³-hybridized carbons (Fsp3) is 1.00. The third-order valence-electron chi connectivity index (χ3n) is 3.17. The van der Waals surface area contributed by atoms with Crippen molar-refractivity contribution in [2.45, 2.75) is 44.8 Å². The number of hydrogen-bond donors (Lipinski definition) is 1. The molecular formula is C10H19NO. The summed E-state index contributed by atoms with van der Waals surface area (Å²) in [6, 6.07) is 0.667. The summed E-state index contributed by atoms with van der Waals surface area (Å²) in [6.07, 6.45) is 4.99. The van der Waals surface area contributed by atoms with Crippen LogP contribution in [0.1, 0.15) is 32.6 Å². The predicted molar refractivity (Wildman–Crippen MR) is 49.0 cm³/mol. The highest BCUT2D eigenvalue weighted by Gasteiger charge is 2.33. The van der Waals surface area contributed by atoms with E-state index in [0.717, 1.165) is 18.9 Å². The lowest BCUT2D eigenvalue weighted by atomic mass is 10.1. The number of β-amino-alcohol motifs (C(OH)–C–C–N with tert-alkyl or cyclic N) is 1. The number of likely N-dealkylation sites (tertiary alicyclic amines) is 1. The summed E-state index contributed by atoms with van der Waals surface area (Å²) >= 11 is 0. The third-order valence-corrected chi connectivity index (χ3v) is 3.17. The Kier molecular flexibility index (Phi) is 2.37. The number of rotatable bonds is 3. The Morgan fingerprint density at radius 3 is 2.75 bits per heavy atom. The first kappa shape index (κ1) is 8.52. The molecule has 12 heavy (non-hydrogen) atoms. The van der Waals surface area contributed by atoms with Gasteiger partial charge in [-0.15, -0.1) is 0 Å². The first-order valence-electron chi connectivity index (χ1n) is 5.21. The molecule has 0 unspecified atom stereocenters. The largest absolute Gasteiger partial charge is 0.392 e. The number of hydrogen-bond acceptors (Lipinski definition) is 2. The Morgan fingerprint density at radius 1 is 1.42 bits per heavy atom. The maximum atomic E-state index is 9.49. The first-order chi connectivity index (χ1) is 5.79. The van der Waals surface area contributed by atoms with E-state index in [2.05, 4.69) is 11.8 Å². The highest BCUT2D eigenvalue weighted by Crippen LogP contribution is 2.32. The minimum Gasteiger partial charge on any atom is -0.392 e. The van der Waals surface area contributed by atoms with Crippen molar-refractivity contribution in [3.8, 4) is 0 Å². The van der Waals surface area contributed by atoms with Gasteiger partial charge in [0.2, 0.25) is 0 Å². The molecular weight excluding hydrogens is 150 g/mol. The standard InChI is InChI=1S/C10H19NO/c1-2-9-5-10(12)7-11(9)6-8-3-4-8/h8-10,12H,2-7H2,1H3/t9-,10+/m0/s1. The Hall–Kier alpha value is -0.0800. The van der Waals surface area contributed by atoms with Crippen molar-refractivity contribution in [1.82, 2.24) is 4.90 Å². The van der Waals surface area contributed by atoms with Gasteiger partial charge in [-0.25, -0.2) is 0 Å². The van der Waals surface area contributed by atoms with Crippen LogP contribution in [0, 0.1) is 5.92 Å². The molecule has 1 N–H and O–H groups in total. The molecule has 0 aromatic rings. The molecule has 0 radical (unpaired) electrons. The van der Waals surface area contributed by atoms with E-state index >= 15 is 0 Å². The second kappa shape index (κ2) is 3.35. The van der Waals surface area contributed by atoms with Gasteiger partial charge >= 0.3 is 0 Å². The van der Waals surface area contributed by atoms with Crippen molar-refractivity contribution in [1.29, 1.82) is 0 Å². The van der Waals surface area contributed by atoms with Gasteiger partial charge in [0.25, 0.3) is 0 Å². The molecule has 2 heteroatoms. The number of aliphatic hydroxyl groups is 1. The van der Waals surface area contributed by atoms with Crippen LogP contribution >= 0.6 is 0 Å². The van der Waals surface area contributed by atoms with E-state index in [1.807, 2.05) is 0 Å². The van der Waals surface area contributed by atoms with Gasteiger partial charge in [0.1, 0.15) is 0 Å². The van der Waals surface area contributed by atoms with Crippen molar-refractivity contribution in [3.05, 3.63) is 0 Å². The van der Waals surface area contributed by atoms with E-state index in [4.69, 9.17) is 0 Å². The van der Waals surface area contributed by atoms with Gasteiger partial charge in [-0.3, -0.25) is 4.90 Å². The topological polar surface area (TPSA) is 23.5 Å². The van der Waals surface area contributed by atoms with Crippen molar-refractivity contribution in [2.24, 2.45) is 5.92 Å². The molecule has 2 aliphatic rings. The lowest BCUT2D eigenvalue weighted by Crippen LogP contribution is -2.31. The van der Waals surface area contributed by atoms with E-state index in [0.29, 0.717) is 6.04 Å². The summed E-state index contributed by atoms with van der Waals surface area (Å²) in [7, 11) is 0. The Morgan fingerprint density at radius 2 is 2.17 bits per heavy atom. The lowest BCUT2D eigenvalue weighted by molar-refractivity contribution is 0.172. The molecule has 70 valence electrons. The molecule has 0 aromatic heterocycles. The SMILES string of the molecule is CC[C@H]1C[C@@H](O)CN1CC1CC1. The average Bonchev–Trinajstić information content (AvgIpc) is 2.76. The molecule has 1 heterocycles. The molecule has 1 aliphatic heterocycles. The van der Waals surface area contributed by atoms with Gasteiger partial charge in [-0.1, -0.05) is 6.92 Å². The third kappa shape index (κ3) is 1.80. The molecule has 1 saturated carbocycles. The van der Waals surface area contributed by atoms with E-state index in [1.54, 1.807) is 0 Å². The zero-order valence-corrected chi connectivity index (χ0v) is 7.87. The number of aliphatic hydroxyl groups excluding tert-OH is 1. The molecule has 0 amide bonds. The van der Waals surface area contributed by atoms with Crippen LogP contribution in [0.15, 0.2) is 0 Å². The second-order valence-corrected chi connectivity index (χ2v) is 4.35. The maximum absolute atomic E-state index is 9.49. The van der Waals surface area contributed by atoms with Crippen LogP contribution < -0.4 is 0 Å². The van der Waals surface area contributed by atoms with Crippen LogP contribution in [0.25, 0.3) is 0 Å². The molecule has 0 aromatic carbocycles. The van der Waals surface area contributed by atoms with Crippen molar-refractivity contribution in [2.75, 3.05) is 13.1 Å². The van der Waals surface area contributed by atoms with Gasteiger partial charge in [-0.2, -0.15) is 0 Å². The highest BCUT2D eigenvalue weighted by molar-refractivity contribution is 4.88. The van der Waals surface area contributed by atoms with Gasteiger partial charge in [-0.05, 0) is 31.6 Å². The van der Waals surface area contributed by atoms with E-state index in [-0.39, 0.29) is 6.10 Å². The average molecular weight is 169 g/mol. The van der Waals surface area contributed by atoms with E-state index < -0.39 is 0 Å². The summed E-state index contributed by atoms with van der Waals surface area (Å²) in [5.74, 6) is 0.962. The predicted octanol–water partition coefficient (Wildman–Crippen LogP) is 1.24. The highest BCUT2D eigenvalue weighted by atomic mass is 16.3. The van der Waals surface area contributed by atoms with Gasteiger partial charge < -0.3 is 5.11 Å². The minimum absolute atomic E-state index is 0.0475. The maximum Gasteiger partial charge on any atom is 0.0682 e. The van der Waals surface area contributed by atoms with Crippen LogP contribution in [0.5, 0.6) is 0 Å². The Labute approximate surface area is 74.6 Å². The smallest absolute Gasteiger partial charge is 0.0682 e. The zero-order valence-electron chi connectivity index (χ0n) is 7.87. The quantitative estimate of drug-likeness (QED) is 0.687. The van der Waals surface area contributed by atoms with Crippen molar-refractivity contribution in [3.63, 3.8) is 0 Å². The monoisotopic (exact) mass is 169 g/mol. The van der Waals surface area contributed by atoms with Gasteiger partial charge in [0.15, 0.2) is 0 Å². The van der Waals surface area contributed by atoms with Crippen LogP contribution in [0.2, 0.25) is 0 Å². The lowest BCUT2D eigenvalue weighted by Gasteiger charge is -2.22. The van der Waals surface area contributed by atoms with Gasteiger partial charge in [0, 0.05) is 19.1 Å². The molecule has 1 saturated heterocycles. The first-order valence-corrected chi connectivity index (χ1v) is 5.21. The summed E-state index contributed by atoms with van der Waals surface area (Å²) in [4.78, 5) is 2.49. The summed E-state index contributed by atoms with van der Waals surface area (Å²) in [5.41, 5.74) is 0.